The van der Waals surface area contributed by atoms with E-state index in [1.165, 1.54) is 6.20 Å². The topological polar surface area (TPSA) is 66.9 Å². The number of nitrogens with zero attached hydrogens (tertiary/aromatic N) is 5. The summed E-state index contributed by atoms with van der Waals surface area (Å²) < 4.78 is 40.0. The molecule has 3 heterocycles. The number of rotatable bonds is 1. The van der Waals surface area contributed by atoms with Crippen LogP contribution < -0.4 is 0 Å². The summed E-state index contributed by atoms with van der Waals surface area (Å²) in [7, 11) is 0. The van der Waals surface area contributed by atoms with Gasteiger partial charge in [0.25, 0.3) is 0 Å². The first-order valence-electron chi connectivity index (χ1n) is 5.78. The van der Waals surface area contributed by atoms with Gasteiger partial charge in [0.15, 0.2) is 11.3 Å². The third-order valence-electron chi connectivity index (χ3n) is 2.81. The minimum absolute atomic E-state index is 0.0294. The molecule has 0 spiro atoms. The monoisotopic (exact) mass is 289 g/mol. The van der Waals surface area contributed by atoms with E-state index in [4.69, 9.17) is 5.26 Å². The number of nitriles is 1. The van der Waals surface area contributed by atoms with Crippen molar-refractivity contribution < 1.29 is 13.2 Å². The zero-order valence-corrected chi connectivity index (χ0v) is 10.3. The van der Waals surface area contributed by atoms with Gasteiger partial charge < -0.3 is 0 Å². The Morgan fingerprint density at radius 1 is 1.19 bits per heavy atom. The van der Waals surface area contributed by atoms with Gasteiger partial charge >= 0.3 is 6.18 Å². The highest BCUT2D eigenvalue weighted by Gasteiger charge is 2.35. The van der Waals surface area contributed by atoms with E-state index in [-0.39, 0.29) is 22.6 Å². The molecule has 0 aliphatic carbocycles. The van der Waals surface area contributed by atoms with Gasteiger partial charge in [-0.25, -0.2) is 9.50 Å². The number of alkyl halides is 3. The van der Waals surface area contributed by atoms with Gasteiger partial charge in [0.2, 0.25) is 0 Å². The largest absolute Gasteiger partial charge is 0.433 e. The van der Waals surface area contributed by atoms with Crippen molar-refractivity contribution in [2.24, 2.45) is 0 Å². The molecule has 3 rings (SSSR count). The van der Waals surface area contributed by atoms with Crippen LogP contribution in [0.15, 0.2) is 36.7 Å². The van der Waals surface area contributed by atoms with Crippen molar-refractivity contribution >= 4 is 5.65 Å². The maximum atomic E-state index is 13.1. The van der Waals surface area contributed by atoms with Crippen LogP contribution in [0.2, 0.25) is 0 Å². The molecule has 104 valence electrons. The highest BCUT2D eigenvalue weighted by molar-refractivity contribution is 5.63. The Labute approximate surface area is 116 Å². The SMILES string of the molecule is N#Cc1cnn2c(C(F)(F)F)cc(-c3ccccn3)nc12. The second kappa shape index (κ2) is 4.56. The van der Waals surface area contributed by atoms with Crippen LogP contribution in [0.1, 0.15) is 11.3 Å². The third kappa shape index (κ3) is 2.18. The van der Waals surface area contributed by atoms with Gasteiger partial charge in [-0.1, -0.05) is 6.07 Å². The third-order valence-corrected chi connectivity index (χ3v) is 2.81. The molecule has 0 atom stereocenters. The molecule has 21 heavy (non-hydrogen) atoms. The molecule has 0 radical (unpaired) electrons. The van der Waals surface area contributed by atoms with Crippen molar-refractivity contribution in [1.82, 2.24) is 19.6 Å². The van der Waals surface area contributed by atoms with Crippen molar-refractivity contribution in [2.45, 2.75) is 6.18 Å². The molecule has 5 nitrogen and oxygen atoms in total. The fourth-order valence-electron chi connectivity index (χ4n) is 1.89. The van der Waals surface area contributed by atoms with Crippen LogP contribution in [0.3, 0.4) is 0 Å². The normalized spacial score (nSPS) is 11.5. The molecule has 0 aliphatic rings. The molecule has 0 unspecified atom stereocenters. The van der Waals surface area contributed by atoms with E-state index >= 15 is 0 Å². The second-order valence-electron chi connectivity index (χ2n) is 4.14. The number of fused-ring (bicyclic) bond motifs is 1. The molecule has 0 N–H and O–H groups in total. The van der Waals surface area contributed by atoms with Gasteiger partial charge in [0.05, 0.1) is 17.6 Å². The highest BCUT2D eigenvalue weighted by Crippen LogP contribution is 2.32. The summed E-state index contributed by atoms with van der Waals surface area (Å²) in [5.74, 6) is 0. The summed E-state index contributed by atoms with van der Waals surface area (Å²) in [5, 5.41) is 12.5. The number of pyridine rings is 1. The minimum Gasteiger partial charge on any atom is -0.255 e. The zero-order chi connectivity index (χ0) is 15.0. The lowest BCUT2D eigenvalue weighted by atomic mass is 10.2. The summed E-state index contributed by atoms with van der Waals surface area (Å²) in [6, 6.07) is 7.47. The molecule has 3 aromatic rings. The zero-order valence-electron chi connectivity index (χ0n) is 10.3. The Bertz CT molecular complexity index is 846. The van der Waals surface area contributed by atoms with Gasteiger partial charge in [-0.05, 0) is 18.2 Å². The number of aromatic nitrogens is 4. The maximum Gasteiger partial charge on any atom is 0.433 e. The molecule has 0 bridgehead atoms. The number of hydrogen-bond acceptors (Lipinski definition) is 4. The summed E-state index contributed by atoms with van der Waals surface area (Å²) in [6.07, 6.45) is -2.11. The van der Waals surface area contributed by atoms with E-state index in [0.717, 1.165) is 12.3 Å². The predicted octanol–water partition coefficient (Wildman–Crippen LogP) is 2.68. The quantitative estimate of drug-likeness (QED) is 0.690. The summed E-state index contributed by atoms with van der Waals surface area (Å²) in [6.45, 7) is 0. The van der Waals surface area contributed by atoms with Crippen LogP contribution in [-0.2, 0) is 6.18 Å². The molecular weight excluding hydrogens is 283 g/mol. The van der Waals surface area contributed by atoms with Crippen molar-refractivity contribution in [3.05, 3.63) is 47.9 Å². The van der Waals surface area contributed by atoms with Crippen LogP contribution in [0.4, 0.5) is 13.2 Å². The Morgan fingerprint density at radius 3 is 2.62 bits per heavy atom. The average molecular weight is 289 g/mol. The van der Waals surface area contributed by atoms with E-state index < -0.39 is 11.9 Å². The molecule has 0 saturated carbocycles. The summed E-state index contributed by atoms with van der Waals surface area (Å²) in [5.41, 5.74) is -0.857. The molecule has 8 heteroatoms. The predicted molar refractivity (Wildman–Crippen MR) is 65.9 cm³/mol. The molecule has 0 amide bonds. The Hall–Kier alpha value is -2.95. The van der Waals surface area contributed by atoms with Crippen LogP contribution in [0.5, 0.6) is 0 Å². The molecule has 0 aliphatic heterocycles. The lowest BCUT2D eigenvalue weighted by molar-refractivity contribution is -0.142. The van der Waals surface area contributed by atoms with Gasteiger partial charge in [-0.3, -0.25) is 4.98 Å². The highest BCUT2D eigenvalue weighted by atomic mass is 19.4. The van der Waals surface area contributed by atoms with E-state index in [1.807, 2.05) is 0 Å². The van der Waals surface area contributed by atoms with Crippen molar-refractivity contribution in [2.75, 3.05) is 0 Å². The van der Waals surface area contributed by atoms with E-state index in [0.29, 0.717) is 4.52 Å². The first-order valence-corrected chi connectivity index (χ1v) is 5.78. The van der Waals surface area contributed by atoms with Crippen molar-refractivity contribution in [3.63, 3.8) is 0 Å². The first kappa shape index (κ1) is 13.1. The van der Waals surface area contributed by atoms with Gasteiger partial charge in [-0.2, -0.15) is 23.5 Å². The Morgan fingerprint density at radius 2 is 2.00 bits per heavy atom. The number of hydrogen-bond donors (Lipinski definition) is 0. The van der Waals surface area contributed by atoms with E-state index in [2.05, 4.69) is 15.1 Å². The lowest BCUT2D eigenvalue weighted by Crippen LogP contribution is -2.14. The van der Waals surface area contributed by atoms with Crippen molar-refractivity contribution in [3.8, 4) is 17.5 Å². The molecule has 0 fully saturated rings. The fourth-order valence-corrected chi connectivity index (χ4v) is 1.89. The molecule has 3 aromatic heterocycles. The minimum atomic E-state index is -4.62. The number of halogens is 3. The summed E-state index contributed by atoms with van der Waals surface area (Å²) in [4.78, 5) is 8.04. The van der Waals surface area contributed by atoms with Crippen LogP contribution >= 0.6 is 0 Å². The lowest BCUT2D eigenvalue weighted by Gasteiger charge is -2.10. The Balaban J connectivity index is 2.36. The van der Waals surface area contributed by atoms with Gasteiger partial charge in [0.1, 0.15) is 11.6 Å². The first-order chi connectivity index (χ1) is 10.0. The smallest absolute Gasteiger partial charge is 0.255 e. The Kier molecular flexibility index (Phi) is 2.83. The van der Waals surface area contributed by atoms with Crippen LogP contribution in [-0.4, -0.2) is 19.6 Å². The van der Waals surface area contributed by atoms with Crippen molar-refractivity contribution in [1.29, 1.82) is 5.26 Å². The maximum absolute atomic E-state index is 13.1. The van der Waals surface area contributed by atoms with E-state index in [1.54, 1.807) is 24.3 Å². The molecule has 0 aromatic carbocycles. The molecule has 0 saturated heterocycles. The van der Waals surface area contributed by atoms with Crippen LogP contribution in [0, 0.1) is 11.3 Å². The average Bonchev–Trinajstić information content (AvgIpc) is 2.89. The fraction of sp³-hybridized carbons (Fsp3) is 0.0769. The van der Waals surface area contributed by atoms with Crippen LogP contribution in [0.25, 0.3) is 17.0 Å². The van der Waals surface area contributed by atoms with Gasteiger partial charge in [-0.15, -0.1) is 0 Å². The van der Waals surface area contributed by atoms with Gasteiger partial charge in [0, 0.05) is 6.20 Å². The standard InChI is InChI=1S/C13H6F3N5/c14-13(15,16)11-5-10(9-3-1-2-4-18-9)20-12-8(6-17)7-19-21(11)12/h1-5,7H. The van der Waals surface area contributed by atoms with E-state index in [9.17, 15) is 13.2 Å². The molecular formula is C13H6F3N5. The second-order valence-corrected chi connectivity index (χ2v) is 4.14. The summed E-state index contributed by atoms with van der Waals surface area (Å²) >= 11 is 0.